The van der Waals surface area contributed by atoms with Crippen molar-refractivity contribution in [2.45, 2.75) is 40.0 Å². The van der Waals surface area contributed by atoms with Gasteiger partial charge in [-0.25, -0.2) is 14.8 Å². The Morgan fingerprint density at radius 1 is 1.15 bits per heavy atom. The summed E-state index contributed by atoms with van der Waals surface area (Å²) in [6.07, 6.45) is 2.12. The second kappa shape index (κ2) is 5.81. The topological polar surface area (TPSA) is 80.9 Å². The van der Waals surface area contributed by atoms with Gasteiger partial charge in [-0.15, -0.1) is 5.10 Å². The molecular formula is C14H18N4O2. The van der Waals surface area contributed by atoms with Gasteiger partial charge >= 0.3 is 5.97 Å². The van der Waals surface area contributed by atoms with Crippen molar-refractivity contribution in [3.05, 3.63) is 35.0 Å². The Morgan fingerprint density at radius 2 is 1.90 bits per heavy atom. The third-order valence-corrected chi connectivity index (χ3v) is 3.04. The maximum atomic E-state index is 11.2. The van der Waals surface area contributed by atoms with Crippen molar-refractivity contribution >= 4 is 5.97 Å². The largest absolute Gasteiger partial charge is 0.478 e. The lowest BCUT2D eigenvalue weighted by Crippen LogP contribution is -2.09. The van der Waals surface area contributed by atoms with Gasteiger partial charge in [-0.1, -0.05) is 20.8 Å². The zero-order valence-electron chi connectivity index (χ0n) is 11.9. The fourth-order valence-corrected chi connectivity index (χ4v) is 1.94. The van der Waals surface area contributed by atoms with Crippen LogP contribution in [-0.4, -0.2) is 30.8 Å². The van der Waals surface area contributed by atoms with E-state index in [1.807, 2.05) is 20.8 Å². The molecule has 0 atom stereocenters. The fourth-order valence-electron chi connectivity index (χ4n) is 1.94. The number of aromatic carboxylic acids is 1. The van der Waals surface area contributed by atoms with Crippen molar-refractivity contribution in [1.29, 1.82) is 0 Å². The van der Waals surface area contributed by atoms with Crippen LogP contribution in [0.2, 0.25) is 0 Å². The summed E-state index contributed by atoms with van der Waals surface area (Å²) in [5.41, 5.74) is 0.956. The fraction of sp³-hybridized carbons (Fsp3) is 0.429. The average Bonchev–Trinajstić information content (AvgIpc) is 2.90. The van der Waals surface area contributed by atoms with Crippen molar-refractivity contribution in [2.24, 2.45) is 0 Å². The van der Waals surface area contributed by atoms with Gasteiger partial charge in [0, 0.05) is 18.5 Å². The van der Waals surface area contributed by atoms with E-state index in [1.54, 1.807) is 10.7 Å². The van der Waals surface area contributed by atoms with Gasteiger partial charge in [-0.05, 0) is 18.6 Å². The number of nitrogens with zero attached hydrogens (tertiary/aromatic N) is 4. The summed E-state index contributed by atoms with van der Waals surface area (Å²) < 4.78 is 1.64. The molecule has 0 radical (unpaired) electrons. The molecule has 0 aliphatic rings. The summed E-state index contributed by atoms with van der Waals surface area (Å²) in [7, 11) is 0. The molecule has 0 aromatic carbocycles. The first kappa shape index (κ1) is 14.2. The van der Waals surface area contributed by atoms with E-state index >= 15 is 0 Å². The van der Waals surface area contributed by atoms with E-state index < -0.39 is 5.97 Å². The Kier molecular flexibility index (Phi) is 4.12. The van der Waals surface area contributed by atoms with E-state index in [2.05, 4.69) is 15.1 Å². The molecule has 0 amide bonds. The number of hydrogen-bond donors (Lipinski definition) is 1. The highest BCUT2D eigenvalue weighted by Gasteiger charge is 2.14. The van der Waals surface area contributed by atoms with Crippen LogP contribution in [0.5, 0.6) is 0 Å². The van der Waals surface area contributed by atoms with Gasteiger partial charge in [0.1, 0.15) is 5.82 Å². The molecule has 0 saturated heterocycles. The van der Waals surface area contributed by atoms with Crippen LogP contribution in [0.4, 0.5) is 0 Å². The van der Waals surface area contributed by atoms with Crippen LogP contribution in [-0.2, 0) is 19.3 Å². The van der Waals surface area contributed by atoms with Gasteiger partial charge in [0.25, 0.3) is 0 Å². The van der Waals surface area contributed by atoms with E-state index in [0.29, 0.717) is 18.7 Å². The Bertz CT molecular complexity index is 634. The summed E-state index contributed by atoms with van der Waals surface area (Å²) in [6, 6.07) is 3.13. The summed E-state index contributed by atoms with van der Waals surface area (Å²) in [5, 5.41) is 13.6. The van der Waals surface area contributed by atoms with Crippen LogP contribution in [0.25, 0.3) is 5.82 Å². The summed E-state index contributed by atoms with van der Waals surface area (Å²) in [5.74, 6) is 1.09. The van der Waals surface area contributed by atoms with Crippen molar-refractivity contribution in [3.8, 4) is 5.82 Å². The number of pyridine rings is 1. The Labute approximate surface area is 117 Å². The molecule has 2 aromatic heterocycles. The summed E-state index contributed by atoms with van der Waals surface area (Å²) in [4.78, 5) is 20.1. The van der Waals surface area contributed by atoms with Crippen LogP contribution in [0, 0.1) is 0 Å². The molecule has 0 aliphatic heterocycles. The first-order valence-electron chi connectivity index (χ1n) is 6.78. The van der Waals surface area contributed by atoms with Gasteiger partial charge < -0.3 is 5.11 Å². The number of hydrogen-bond acceptors (Lipinski definition) is 4. The lowest BCUT2D eigenvalue weighted by Gasteiger charge is -2.07. The van der Waals surface area contributed by atoms with Crippen molar-refractivity contribution in [2.75, 3.05) is 0 Å². The van der Waals surface area contributed by atoms with Crippen molar-refractivity contribution in [3.63, 3.8) is 0 Å². The van der Waals surface area contributed by atoms with E-state index in [0.717, 1.165) is 23.8 Å². The number of carboxylic acid groups (broad SMARTS) is 1. The number of carbonyl (C=O) groups is 1. The zero-order chi connectivity index (χ0) is 14.7. The van der Waals surface area contributed by atoms with Crippen LogP contribution < -0.4 is 0 Å². The highest BCUT2D eigenvalue weighted by molar-refractivity contribution is 5.88. The van der Waals surface area contributed by atoms with E-state index in [4.69, 9.17) is 0 Å². The van der Waals surface area contributed by atoms with Crippen LogP contribution in [0.1, 0.15) is 48.5 Å². The predicted molar refractivity (Wildman–Crippen MR) is 74.2 cm³/mol. The van der Waals surface area contributed by atoms with Crippen LogP contribution >= 0.6 is 0 Å². The zero-order valence-corrected chi connectivity index (χ0v) is 11.9. The van der Waals surface area contributed by atoms with Crippen LogP contribution in [0.15, 0.2) is 12.1 Å². The minimum Gasteiger partial charge on any atom is -0.478 e. The van der Waals surface area contributed by atoms with Gasteiger partial charge in [-0.3, -0.25) is 0 Å². The lowest BCUT2D eigenvalue weighted by atomic mass is 10.2. The highest BCUT2D eigenvalue weighted by Crippen LogP contribution is 2.13. The number of rotatable bonds is 5. The maximum absolute atomic E-state index is 11.2. The summed E-state index contributed by atoms with van der Waals surface area (Å²) in [6.45, 7) is 5.91. The molecule has 2 aromatic rings. The molecule has 0 fully saturated rings. The number of carboxylic acids is 1. The van der Waals surface area contributed by atoms with E-state index in [1.165, 1.54) is 6.07 Å². The maximum Gasteiger partial charge on any atom is 0.335 e. The average molecular weight is 274 g/mol. The Hall–Kier alpha value is -2.24. The smallest absolute Gasteiger partial charge is 0.335 e. The minimum atomic E-state index is -0.961. The quantitative estimate of drug-likeness (QED) is 0.902. The molecule has 0 saturated carbocycles. The molecule has 106 valence electrons. The molecule has 20 heavy (non-hydrogen) atoms. The second-order valence-electron chi connectivity index (χ2n) is 4.43. The van der Waals surface area contributed by atoms with E-state index in [9.17, 15) is 9.90 Å². The molecule has 6 nitrogen and oxygen atoms in total. The molecular weight excluding hydrogens is 256 g/mol. The lowest BCUT2D eigenvalue weighted by molar-refractivity contribution is 0.0696. The third-order valence-electron chi connectivity index (χ3n) is 3.04. The van der Waals surface area contributed by atoms with Gasteiger partial charge in [0.05, 0.1) is 5.56 Å². The molecule has 6 heteroatoms. The Morgan fingerprint density at radius 3 is 2.45 bits per heavy atom. The first-order chi connectivity index (χ1) is 9.58. The Balaban J connectivity index is 2.59. The normalized spacial score (nSPS) is 10.8. The number of aryl methyl sites for hydroxylation is 3. The van der Waals surface area contributed by atoms with E-state index in [-0.39, 0.29) is 5.56 Å². The highest BCUT2D eigenvalue weighted by atomic mass is 16.4. The predicted octanol–water partition coefficient (Wildman–Crippen LogP) is 2.05. The van der Waals surface area contributed by atoms with Crippen molar-refractivity contribution in [1.82, 2.24) is 19.7 Å². The second-order valence-corrected chi connectivity index (χ2v) is 4.43. The van der Waals surface area contributed by atoms with Crippen molar-refractivity contribution < 1.29 is 9.90 Å². The standard InChI is InChI=1S/C14H18N4O2/c1-4-10-7-9(14(19)20)8-13(15-10)18-12(6-3)16-11(5-2)17-18/h7-8H,4-6H2,1-3H3,(H,19,20). The van der Waals surface area contributed by atoms with Gasteiger partial charge in [0.2, 0.25) is 0 Å². The molecule has 0 bridgehead atoms. The molecule has 0 aliphatic carbocycles. The molecule has 0 unspecified atom stereocenters. The number of aromatic nitrogens is 4. The minimum absolute atomic E-state index is 0.224. The molecule has 2 rings (SSSR count). The third kappa shape index (κ3) is 2.68. The van der Waals surface area contributed by atoms with Gasteiger partial charge in [-0.2, -0.15) is 4.68 Å². The summed E-state index contributed by atoms with van der Waals surface area (Å²) >= 11 is 0. The van der Waals surface area contributed by atoms with Gasteiger partial charge in [0.15, 0.2) is 11.6 Å². The molecule has 0 spiro atoms. The monoisotopic (exact) mass is 274 g/mol. The molecule has 2 heterocycles. The first-order valence-corrected chi connectivity index (χ1v) is 6.78. The molecule has 1 N–H and O–H groups in total. The van der Waals surface area contributed by atoms with Crippen LogP contribution in [0.3, 0.4) is 0 Å². The SMILES string of the molecule is CCc1cc(C(=O)O)cc(-n2nc(CC)nc2CC)n1.